The van der Waals surface area contributed by atoms with Crippen LogP contribution in [0.5, 0.6) is 0 Å². The predicted octanol–water partition coefficient (Wildman–Crippen LogP) is 5.96. The number of carbonyl (C=O) groups is 1. The topological polar surface area (TPSA) is 23.6 Å². The molecule has 0 spiro atoms. The molecule has 1 unspecified atom stereocenters. The predicted molar refractivity (Wildman–Crippen MR) is 128 cm³/mol. The monoisotopic (exact) mass is 414 g/mol. The van der Waals surface area contributed by atoms with Gasteiger partial charge in [-0.15, -0.1) is 0 Å². The van der Waals surface area contributed by atoms with Gasteiger partial charge in [-0.25, -0.2) is 5.01 Å². The van der Waals surface area contributed by atoms with E-state index in [0.717, 1.165) is 27.9 Å². The molecule has 1 amide bonds. The fourth-order valence-corrected chi connectivity index (χ4v) is 5.25. The molecule has 0 aromatic heterocycles. The lowest BCUT2D eigenvalue weighted by molar-refractivity contribution is -0.121. The molecule has 1 fully saturated rings. The first-order chi connectivity index (χ1) is 15.8. The van der Waals surface area contributed by atoms with Crippen molar-refractivity contribution in [3.63, 3.8) is 0 Å². The smallest absolute Gasteiger partial charge is 0.263 e. The van der Waals surface area contributed by atoms with E-state index in [1.54, 1.807) is 0 Å². The van der Waals surface area contributed by atoms with Crippen molar-refractivity contribution in [3.8, 4) is 0 Å². The summed E-state index contributed by atoms with van der Waals surface area (Å²) in [6.45, 7) is 0. The molecule has 1 atom stereocenters. The number of hydrogen-bond acceptors (Lipinski definition) is 2. The van der Waals surface area contributed by atoms with E-state index in [9.17, 15) is 4.79 Å². The maximum atomic E-state index is 14.7. The molecule has 0 N–H and O–H groups in total. The van der Waals surface area contributed by atoms with Crippen LogP contribution in [0.3, 0.4) is 0 Å². The second-order valence-corrected chi connectivity index (χ2v) is 8.22. The first kappa shape index (κ1) is 18.6. The number of anilines is 1. The highest BCUT2D eigenvalue weighted by Crippen LogP contribution is 2.56. The summed E-state index contributed by atoms with van der Waals surface area (Å²) >= 11 is 0. The molecule has 4 aromatic carbocycles. The van der Waals surface area contributed by atoms with Gasteiger partial charge in [0.05, 0.1) is 11.7 Å². The van der Waals surface area contributed by atoms with Crippen molar-refractivity contribution in [2.24, 2.45) is 0 Å². The van der Waals surface area contributed by atoms with Gasteiger partial charge in [0.25, 0.3) is 5.91 Å². The van der Waals surface area contributed by atoms with Gasteiger partial charge in [-0.2, -0.15) is 0 Å². The highest BCUT2D eigenvalue weighted by Gasteiger charge is 2.61. The SMILES string of the molecule is O=C1N(c2ccccc2)N2C=Cc3ccccc3C2C1(c1ccccc1)c1ccccc1. The molecule has 6 rings (SSSR count). The van der Waals surface area contributed by atoms with Crippen LogP contribution in [0.25, 0.3) is 6.08 Å². The molecule has 0 saturated carbocycles. The van der Waals surface area contributed by atoms with Crippen molar-refractivity contribution in [1.29, 1.82) is 0 Å². The van der Waals surface area contributed by atoms with E-state index in [0.29, 0.717) is 0 Å². The Hall–Kier alpha value is -4.11. The summed E-state index contributed by atoms with van der Waals surface area (Å²) in [6, 6.07) is 38.5. The Balaban J connectivity index is 1.71. The zero-order valence-electron chi connectivity index (χ0n) is 17.5. The van der Waals surface area contributed by atoms with Crippen LogP contribution < -0.4 is 5.01 Å². The maximum absolute atomic E-state index is 14.7. The minimum absolute atomic E-state index is 0.0486. The molecule has 4 aromatic rings. The molecule has 2 heterocycles. The molecule has 3 heteroatoms. The molecule has 3 nitrogen and oxygen atoms in total. The van der Waals surface area contributed by atoms with Crippen molar-refractivity contribution < 1.29 is 4.79 Å². The van der Waals surface area contributed by atoms with E-state index >= 15 is 0 Å². The molecule has 32 heavy (non-hydrogen) atoms. The molecule has 1 saturated heterocycles. The van der Waals surface area contributed by atoms with Gasteiger partial charge >= 0.3 is 0 Å². The van der Waals surface area contributed by atoms with Crippen LogP contribution >= 0.6 is 0 Å². The average molecular weight is 415 g/mol. The van der Waals surface area contributed by atoms with Crippen LogP contribution in [0, 0.1) is 0 Å². The minimum atomic E-state index is -0.890. The third-order valence-corrected chi connectivity index (χ3v) is 6.59. The Morgan fingerprint density at radius 3 is 1.78 bits per heavy atom. The molecule has 0 bridgehead atoms. The molecule has 154 valence electrons. The zero-order chi connectivity index (χ0) is 21.5. The first-order valence-corrected chi connectivity index (χ1v) is 10.9. The van der Waals surface area contributed by atoms with Gasteiger partial charge in [-0.1, -0.05) is 103 Å². The van der Waals surface area contributed by atoms with Gasteiger partial charge in [0, 0.05) is 6.20 Å². The molecular formula is C29H22N2O. The Morgan fingerprint density at radius 1 is 0.625 bits per heavy atom. The molecule has 2 aliphatic rings. The fourth-order valence-electron chi connectivity index (χ4n) is 5.25. The first-order valence-electron chi connectivity index (χ1n) is 10.9. The van der Waals surface area contributed by atoms with Gasteiger partial charge < -0.3 is 0 Å². The van der Waals surface area contributed by atoms with Gasteiger partial charge in [0.1, 0.15) is 5.41 Å². The van der Waals surface area contributed by atoms with Crippen LogP contribution in [-0.4, -0.2) is 10.9 Å². The normalized spacial score (nSPS) is 18.4. The molecule has 0 radical (unpaired) electrons. The minimum Gasteiger partial charge on any atom is -0.276 e. The summed E-state index contributed by atoms with van der Waals surface area (Å²) < 4.78 is 0. The lowest BCUT2D eigenvalue weighted by Crippen LogP contribution is -2.41. The second kappa shape index (κ2) is 7.24. The van der Waals surface area contributed by atoms with E-state index in [1.807, 2.05) is 77.9 Å². The van der Waals surface area contributed by atoms with Gasteiger partial charge in [-0.3, -0.25) is 9.80 Å². The fraction of sp³-hybridized carbons (Fsp3) is 0.0690. The number of amides is 1. The standard InChI is InChI=1S/C29H22N2O/c32-28-29(23-13-4-1-5-14-23,24-15-6-2-7-16-24)27-26-19-11-10-12-22(26)20-21-30(27)31(28)25-17-8-3-9-18-25/h1-21,27H. The number of fused-ring (bicyclic) bond motifs is 3. The van der Waals surface area contributed by atoms with Crippen LogP contribution in [0.1, 0.15) is 28.3 Å². The summed E-state index contributed by atoms with van der Waals surface area (Å²) in [7, 11) is 0. The van der Waals surface area contributed by atoms with Crippen molar-refractivity contribution in [1.82, 2.24) is 5.01 Å². The van der Waals surface area contributed by atoms with Gasteiger partial charge in [0.2, 0.25) is 0 Å². The van der Waals surface area contributed by atoms with E-state index in [2.05, 4.69) is 59.6 Å². The summed E-state index contributed by atoms with van der Waals surface area (Å²) in [4.78, 5) is 14.7. The second-order valence-electron chi connectivity index (χ2n) is 8.22. The Morgan fingerprint density at radius 2 is 1.16 bits per heavy atom. The van der Waals surface area contributed by atoms with Crippen molar-refractivity contribution in [2.75, 3.05) is 5.01 Å². The molecular weight excluding hydrogens is 392 g/mol. The Labute approximate surface area is 187 Å². The number of hydrogen-bond donors (Lipinski definition) is 0. The third-order valence-electron chi connectivity index (χ3n) is 6.59. The van der Waals surface area contributed by atoms with E-state index in [4.69, 9.17) is 0 Å². The summed E-state index contributed by atoms with van der Waals surface area (Å²) in [5.41, 5.74) is 4.26. The lowest BCUT2D eigenvalue weighted by Gasteiger charge is -2.38. The van der Waals surface area contributed by atoms with Crippen molar-refractivity contribution in [2.45, 2.75) is 11.5 Å². The number of benzene rings is 4. The quantitative estimate of drug-likeness (QED) is 0.413. The van der Waals surface area contributed by atoms with Gasteiger partial charge in [-0.05, 0) is 40.5 Å². The molecule has 0 aliphatic carbocycles. The van der Waals surface area contributed by atoms with Crippen LogP contribution in [0.2, 0.25) is 0 Å². The Kier molecular flexibility index (Phi) is 4.22. The maximum Gasteiger partial charge on any atom is 0.263 e. The molecule has 2 aliphatic heterocycles. The van der Waals surface area contributed by atoms with Crippen LogP contribution in [0.4, 0.5) is 5.69 Å². The highest BCUT2D eigenvalue weighted by atomic mass is 16.2. The van der Waals surface area contributed by atoms with E-state index < -0.39 is 5.41 Å². The van der Waals surface area contributed by atoms with E-state index in [1.165, 1.54) is 0 Å². The summed E-state index contributed by atoms with van der Waals surface area (Å²) in [6.07, 6.45) is 4.15. The van der Waals surface area contributed by atoms with Crippen LogP contribution in [0.15, 0.2) is 121 Å². The average Bonchev–Trinajstić information content (AvgIpc) is 3.15. The van der Waals surface area contributed by atoms with Crippen LogP contribution in [-0.2, 0) is 10.2 Å². The number of rotatable bonds is 3. The van der Waals surface area contributed by atoms with E-state index in [-0.39, 0.29) is 11.9 Å². The lowest BCUT2D eigenvalue weighted by atomic mass is 9.66. The zero-order valence-corrected chi connectivity index (χ0v) is 17.5. The number of para-hydroxylation sites is 1. The number of hydrazine groups is 1. The van der Waals surface area contributed by atoms with Gasteiger partial charge in [0.15, 0.2) is 0 Å². The summed E-state index contributed by atoms with van der Waals surface area (Å²) in [5, 5.41) is 3.96. The largest absolute Gasteiger partial charge is 0.276 e. The van der Waals surface area contributed by atoms with Crippen molar-refractivity contribution >= 4 is 17.7 Å². The summed E-state index contributed by atoms with van der Waals surface area (Å²) in [5.74, 6) is 0.0486. The highest BCUT2D eigenvalue weighted by molar-refractivity contribution is 6.07. The van der Waals surface area contributed by atoms with Crippen molar-refractivity contribution in [3.05, 3.63) is 144 Å². The third kappa shape index (κ3) is 2.51. The Bertz CT molecular complexity index is 1260. The number of nitrogens with zero attached hydrogens (tertiary/aromatic N) is 2. The number of carbonyl (C=O) groups excluding carboxylic acids is 1.